The zero-order chi connectivity index (χ0) is 33.3. The molecule has 2 amide bonds. The van der Waals surface area contributed by atoms with Gasteiger partial charge in [-0.1, -0.05) is 72.8 Å². The second kappa shape index (κ2) is 16.2. The fourth-order valence-corrected chi connectivity index (χ4v) is 6.00. The minimum absolute atomic E-state index is 0.0857. The first-order valence-electron chi connectivity index (χ1n) is 14.8. The average molecular weight is 755 g/mol. The number of nitrogens with one attached hydrogen (secondary N) is 3. The number of sulfonamides is 1. The normalized spacial score (nSPS) is 13.3. The van der Waals surface area contributed by atoms with Crippen LogP contribution in [-0.2, 0) is 23.0 Å². The van der Waals surface area contributed by atoms with Crippen molar-refractivity contribution in [1.29, 1.82) is 0 Å². The Morgan fingerprint density at radius 2 is 1.41 bits per heavy atom. The molecule has 242 valence electrons. The molecule has 0 unspecified atom stereocenters. The zero-order valence-electron chi connectivity index (χ0n) is 26.0. The molecule has 9 nitrogen and oxygen atoms in total. The Hall–Kier alpha value is -3.78. The molecule has 4 aromatic rings. The molecule has 0 saturated carbocycles. The Labute approximate surface area is 284 Å². The van der Waals surface area contributed by atoms with Crippen LogP contribution in [-0.4, -0.2) is 57.3 Å². The van der Waals surface area contributed by atoms with E-state index in [0.29, 0.717) is 13.0 Å². The quantitative estimate of drug-likeness (QED) is 0.139. The maximum Gasteiger partial charge on any atom is 0.251 e. The smallest absolute Gasteiger partial charge is 0.251 e. The van der Waals surface area contributed by atoms with Crippen molar-refractivity contribution in [3.8, 4) is 0 Å². The second-order valence-corrected chi connectivity index (χ2v) is 14.5. The number of hydrogen-bond donors (Lipinski definition) is 4. The van der Waals surface area contributed by atoms with Gasteiger partial charge >= 0.3 is 0 Å². The minimum Gasteiger partial charge on any atom is -0.390 e. The Morgan fingerprint density at radius 3 is 2.02 bits per heavy atom. The SMILES string of the molecule is C[C@@H](NC(=O)c1cc(C(=O)N[C@@H](Cc2ccccc2)[C@H](O)CNCc2cccc(I)c2)cc(N(C)S(C)(=O)=O)c1)c1ccccc1. The van der Waals surface area contributed by atoms with Gasteiger partial charge in [0, 0.05) is 34.8 Å². The van der Waals surface area contributed by atoms with Crippen molar-refractivity contribution < 1.29 is 23.1 Å². The lowest BCUT2D eigenvalue weighted by atomic mass is 10.00. The highest BCUT2D eigenvalue weighted by Crippen LogP contribution is 2.22. The van der Waals surface area contributed by atoms with Crippen LogP contribution in [0.25, 0.3) is 0 Å². The van der Waals surface area contributed by atoms with E-state index in [1.54, 1.807) is 0 Å². The number of benzene rings is 4. The van der Waals surface area contributed by atoms with Crippen molar-refractivity contribution in [2.75, 3.05) is 24.2 Å². The Bertz CT molecular complexity index is 1740. The van der Waals surface area contributed by atoms with Gasteiger partial charge < -0.3 is 21.1 Å². The molecule has 3 atom stereocenters. The number of nitrogens with zero attached hydrogens (tertiary/aromatic N) is 1. The summed E-state index contributed by atoms with van der Waals surface area (Å²) in [6, 6.07) is 30.2. The highest BCUT2D eigenvalue weighted by atomic mass is 127. The lowest BCUT2D eigenvalue weighted by Crippen LogP contribution is -2.48. The summed E-state index contributed by atoms with van der Waals surface area (Å²) >= 11 is 2.25. The number of hydrogen-bond acceptors (Lipinski definition) is 6. The highest BCUT2D eigenvalue weighted by Gasteiger charge is 2.25. The number of halogens is 1. The van der Waals surface area contributed by atoms with Gasteiger partial charge in [0.1, 0.15) is 0 Å². The van der Waals surface area contributed by atoms with Crippen LogP contribution in [0, 0.1) is 3.57 Å². The molecule has 0 spiro atoms. The predicted molar refractivity (Wildman–Crippen MR) is 190 cm³/mol. The molecule has 4 aromatic carbocycles. The first-order chi connectivity index (χ1) is 21.9. The summed E-state index contributed by atoms with van der Waals surface area (Å²) in [5, 5.41) is 20.4. The van der Waals surface area contributed by atoms with Crippen molar-refractivity contribution in [2.24, 2.45) is 0 Å². The van der Waals surface area contributed by atoms with Crippen molar-refractivity contribution >= 4 is 50.1 Å². The maximum atomic E-state index is 13.8. The summed E-state index contributed by atoms with van der Waals surface area (Å²) in [5.74, 6) is -1.01. The summed E-state index contributed by atoms with van der Waals surface area (Å²) in [6.45, 7) is 2.60. The molecule has 0 bridgehead atoms. The summed E-state index contributed by atoms with van der Waals surface area (Å²) in [5.41, 5.74) is 3.26. The summed E-state index contributed by atoms with van der Waals surface area (Å²) < 4.78 is 27.0. The molecule has 0 aliphatic rings. The van der Waals surface area contributed by atoms with Crippen molar-refractivity contribution in [3.63, 3.8) is 0 Å². The predicted octanol–water partition coefficient (Wildman–Crippen LogP) is 4.67. The third-order valence-electron chi connectivity index (χ3n) is 7.60. The van der Waals surface area contributed by atoms with Crippen LogP contribution in [0.15, 0.2) is 103 Å². The van der Waals surface area contributed by atoms with Gasteiger partial charge in [-0.2, -0.15) is 0 Å². The van der Waals surface area contributed by atoms with E-state index in [0.717, 1.165) is 30.8 Å². The van der Waals surface area contributed by atoms with Crippen LogP contribution in [0.5, 0.6) is 0 Å². The van der Waals surface area contributed by atoms with E-state index in [2.05, 4.69) is 44.6 Å². The lowest BCUT2D eigenvalue weighted by molar-refractivity contribution is 0.0830. The zero-order valence-corrected chi connectivity index (χ0v) is 29.0. The summed E-state index contributed by atoms with van der Waals surface area (Å²) in [6.07, 6.45) is 0.444. The number of carbonyl (C=O) groups excluding carboxylic acids is 2. The second-order valence-electron chi connectivity index (χ2n) is 11.2. The van der Waals surface area contributed by atoms with Crippen LogP contribution in [0.3, 0.4) is 0 Å². The average Bonchev–Trinajstić information content (AvgIpc) is 3.04. The van der Waals surface area contributed by atoms with E-state index in [9.17, 15) is 23.1 Å². The minimum atomic E-state index is -3.70. The van der Waals surface area contributed by atoms with E-state index in [1.165, 1.54) is 25.2 Å². The third-order valence-corrected chi connectivity index (χ3v) is 9.48. The molecule has 46 heavy (non-hydrogen) atoms. The van der Waals surface area contributed by atoms with E-state index in [1.807, 2.05) is 85.8 Å². The van der Waals surface area contributed by atoms with Gasteiger partial charge in [0.05, 0.1) is 30.1 Å². The van der Waals surface area contributed by atoms with Crippen LogP contribution in [0.4, 0.5) is 5.69 Å². The van der Waals surface area contributed by atoms with E-state index in [4.69, 9.17) is 0 Å². The summed E-state index contributed by atoms with van der Waals surface area (Å²) in [7, 11) is -2.34. The number of aliphatic hydroxyl groups is 1. The van der Waals surface area contributed by atoms with Gasteiger partial charge in [-0.05, 0) is 83.0 Å². The molecular formula is C35H39IN4O5S. The first-order valence-corrected chi connectivity index (χ1v) is 17.8. The van der Waals surface area contributed by atoms with E-state index >= 15 is 0 Å². The molecule has 0 aliphatic heterocycles. The van der Waals surface area contributed by atoms with Gasteiger partial charge in [-0.15, -0.1) is 0 Å². The maximum absolute atomic E-state index is 13.8. The fourth-order valence-electron chi connectivity index (χ4n) is 4.91. The number of carbonyl (C=O) groups is 2. The molecule has 4 N–H and O–H groups in total. The monoisotopic (exact) mass is 754 g/mol. The third kappa shape index (κ3) is 10.1. The Morgan fingerprint density at radius 1 is 0.826 bits per heavy atom. The number of rotatable bonds is 14. The summed E-state index contributed by atoms with van der Waals surface area (Å²) in [4.78, 5) is 27.2. The van der Waals surface area contributed by atoms with Crippen molar-refractivity contribution in [3.05, 3.63) is 135 Å². The lowest BCUT2D eigenvalue weighted by Gasteiger charge is -2.25. The Balaban J connectivity index is 1.58. The molecular weight excluding hydrogens is 715 g/mol. The molecule has 0 radical (unpaired) electrons. The van der Waals surface area contributed by atoms with Crippen LogP contribution >= 0.6 is 22.6 Å². The standard InChI is InChI=1S/C35H39IN4O5S/c1-24(27-14-8-5-9-15-27)38-34(42)28-19-29(21-31(20-28)40(2)46(3,44)45)35(43)39-32(18-25-11-6-4-7-12-25)33(41)23-37-22-26-13-10-16-30(36)17-26/h4-17,19-21,24,32-33,37,41H,18,22-23H2,1-3H3,(H,38,42)(H,39,43)/t24-,32+,33-/m1/s1. The molecule has 4 rings (SSSR count). The van der Waals surface area contributed by atoms with Crippen LogP contribution in [0.1, 0.15) is 50.4 Å². The molecule has 0 aromatic heterocycles. The van der Waals surface area contributed by atoms with E-state index < -0.39 is 34.0 Å². The van der Waals surface area contributed by atoms with Gasteiger partial charge in [0.15, 0.2) is 0 Å². The van der Waals surface area contributed by atoms with E-state index in [-0.39, 0.29) is 29.4 Å². The van der Waals surface area contributed by atoms with Gasteiger partial charge in [-0.3, -0.25) is 13.9 Å². The van der Waals surface area contributed by atoms with Crippen molar-refractivity contribution in [1.82, 2.24) is 16.0 Å². The number of anilines is 1. The molecule has 0 aliphatic carbocycles. The van der Waals surface area contributed by atoms with Crippen molar-refractivity contribution in [2.45, 2.75) is 38.1 Å². The van der Waals surface area contributed by atoms with Gasteiger partial charge in [0.2, 0.25) is 10.0 Å². The van der Waals surface area contributed by atoms with Gasteiger partial charge in [0.25, 0.3) is 11.8 Å². The topological polar surface area (TPSA) is 128 Å². The van der Waals surface area contributed by atoms with Crippen LogP contribution < -0.4 is 20.3 Å². The number of amides is 2. The Kier molecular flexibility index (Phi) is 12.3. The van der Waals surface area contributed by atoms with Gasteiger partial charge in [-0.25, -0.2) is 8.42 Å². The van der Waals surface area contributed by atoms with Crippen LogP contribution in [0.2, 0.25) is 0 Å². The number of aliphatic hydroxyl groups excluding tert-OH is 1. The largest absolute Gasteiger partial charge is 0.390 e. The first kappa shape index (κ1) is 35.1. The molecule has 0 saturated heterocycles. The molecule has 0 fully saturated rings. The fraction of sp³-hybridized carbons (Fsp3) is 0.257. The molecule has 0 heterocycles. The highest BCUT2D eigenvalue weighted by molar-refractivity contribution is 14.1. The molecule has 11 heteroatoms.